The molecule has 0 rings (SSSR count). The van der Waals surface area contributed by atoms with Crippen LogP contribution in [0.4, 0.5) is 0 Å². The second-order valence-corrected chi connectivity index (χ2v) is 5.49. The van der Waals surface area contributed by atoms with Gasteiger partial charge in [-0.1, -0.05) is 27.7 Å². The van der Waals surface area contributed by atoms with E-state index in [4.69, 9.17) is 4.55 Å². The molecule has 80 valence electrons. The van der Waals surface area contributed by atoms with E-state index in [1.807, 2.05) is 27.7 Å². The molecule has 1 N–H and O–H groups in total. The number of nitrogens with zero attached hydrogens (tertiary/aromatic N) is 1. The Morgan fingerprint density at radius 2 is 1.38 bits per heavy atom. The second-order valence-electron chi connectivity index (χ2n) is 4.08. The van der Waals surface area contributed by atoms with Crippen LogP contribution < -0.4 is 0 Å². The molecule has 0 unspecified atom stereocenters. The van der Waals surface area contributed by atoms with E-state index in [9.17, 15) is 8.42 Å². The maximum absolute atomic E-state index is 10.9. The van der Waals surface area contributed by atoms with Crippen LogP contribution >= 0.6 is 0 Å². The highest BCUT2D eigenvalue weighted by molar-refractivity contribution is 7.83. The first-order valence-electron chi connectivity index (χ1n) is 4.46. The van der Waals surface area contributed by atoms with Gasteiger partial charge in [0.2, 0.25) is 0 Å². The SMILES string of the molecule is CC(C)CN(CC(C)C)S(=O)(=O)O. The standard InChI is InChI=1S/C8H19NO3S/c1-7(2)5-9(6-8(3)4)13(10,11)12/h7-8H,5-6H2,1-4H3,(H,10,11,12). The molecule has 0 aromatic rings. The largest absolute Gasteiger partial charge is 0.335 e. The van der Waals surface area contributed by atoms with Crippen LogP contribution in [0.15, 0.2) is 0 Å². The minimum absolute atomic E-state index is 0.223. The zero-order valence-electron chi connectivity index (χ0n) is 8.69. The first-order chi connectivity index (χ1) is 5.73. The molecule has 0 aromatic heterocycles. The molecule has 0 heterocycles. The van der Waals surface area contributed by atoms with Gasteiger partial charge in [0.25, 0.3) is 0 Å². The lowest BCUT2D eigenvalue weighted by Crippen LogP contribution is -2.36. The minimum Gasteiger partial charge on any atom is -0.273 e. The lowest BCUT2D eigenvalue weighted by Gasteiger charge is -2.22. The normalized spacial score (nSPS) is 13.2. The molecule has 0 fully saturated rings. The van der Waals surface area contributed by atoms with E-state index in [0.717, 1.165) is 4.31 Å². The van der Waals surface area contributed by atoms with Gasteiger partial charge in [0.05, 0.1) is 0 Å². The van der Waals surface area contributed by atoms with Crippen LogP contribution in [0.5, 0.6) is 0 Å². The van der Waals surface area contributed by atoms with Gasteiger partial charge >= 0.3 is 10.3 Å². The van der Waals surface area contributed by atoms with Crippen molar-refractivity contribution in [2.45, 2.75) is 27.7 Å². The number of rotatable bonds is 5. The zero-order valence-corrected chi connectivity index (χ0v) is 9.50. The van der Waals surface area contributed by atoms with Crippen LogP contribution in [0, 0.1) is 11.8 Å². The van der Waals surface area contributed by atoms with Crippen LogP contribution in [0.2, 0.25) is 0 Å². The lowest BCUT2D eigenvalue weighted by atomic mass is 10.2. The molecular weight excluding hydrogens is 190 g/mol. The molecule has 0 radical (unpaired) electrons. The third-order valence-electron chi connectivity index (χ3n) is 1.46. The fourth-order valence-electron chi connectivity index (χ4n) is 1.08. The lowest BCUT2D eigenvalue weighted by molar-refractivity contribution is 0.298. The van der Waals surface area contributed by atoms with Crippen molar-refractivity contribution in [3.63, 3.8) is 0 Å². The predicted octanol–water partition coefficient (Wildman–Crippen LogP) is 1.40. The molecule has 0 aliphatic carbocycles. The summed E-state index contributed by atoms with van der Waals surface area (Å²) < 4.78 is 31.8. The molecule has 0 aliphatic heterocycles. The van der Waals surface area contributed by atoms with Crippen LogP contribution in [-0.4, -0.2) is 30.4 Å². The van der Waals surface area contributed by atoms with Crippen molar-refractivity contribution in [3.05, 3.63) is 0 Å². The van der Waals surface area contributed by atoms with Crippen molar-refractivity contribution < 1.29 is 13.0 Å². The maximum atomic E-state index is 10.9. The summed E-state index contributed by atoms with van der Waals surface area (Å²) in [7, 11) is -4.02. The molecule has 0 spiro atoms. The van der Waals surface area contributed by atoms with Crippen molar-refractivity contribution in [1.29, 1.82) is 0 Å². The van der Waals surface area contributed by atoms with Crippen molar-refractivity contribution in [2.24, 2.45) is 11.8 Å². The van der Waals surface area contributed by atoms with Gasteiger partial charge in [-0.05, 0) is 11.8 Å². The molecule has 0 atom stereocenters. The molecule has 0 saturated carbocycles. The van der Waals surface area contributed by atoms with Gasteiger partial charge in [-0.2, -0.15) is 12.7 Å². The summed E-state index contributed by atoms with van der Waals surface area (Å²) in [5.41, 5.74) is 0. The van der Waals surface area contributed by atoms with Gasteiger partial charge in [-0.25, -0.2) is 0 Å². The van der Waals surface area contributed by atoms with Crippen molar-refractivity contribution >= 4 is 10.3 Å². The van der Waals surface area contributed by atoms with Crippen LogP contribution in [0.25, 0.3) is 0 Å². The smallest absolute Gasteiger partial charge is 0.273 e. The Labute approximate surface area is 80.8 Å². The first-order valence-corrected chi connectivity index (χ1v) is 5.85. The van der Waals surface area contributed by atoms with E-state index >= 15 is 0 Å². The topological polar surface area (TPSA) is 57.6 Å². The quantitative estimate of drug-likeness (QED) is 0.696. The minimum atomic E-state index is -4.02. The molecule has 0 saturated heterocycles. The Morgan fingerprint density at radius 3 is 1.54 bits per heavy atom. The molecule has 0 amide bonds. The predicted molar refractivity (Wildman–Crippen MR) is 52.8 cm³/mol. The van der Waals surface area contributed by atoms with Gasteiger partial charge in [0.1, 0.15) is 0 Å². The average Bonchev–Trinajstić information content (AvgIpc) is 1.81. The molecule has 5 heteroatoms. The Hall–Kier alpha value is -0.130. The number of hydrogen-bond donors (Lipinski definition) is 1. The number of hydrogen-bond acceptors (Lipinski definition) is 2. The first kappa shape index (κ1) is 12.9. The van der Waals surface area contributed by atoms with Crippen LogP contribution in [0.1, 0.15) is 27.7 Å². The van der Waals surface area contributed by atoms with Gasteiger partial charge in [0, 0.05) is 13.1 Å². The van der Waals surface area contributed by atoms with Gasteiger partial charge in [0.15, 0.2) is 0 Å². The van der Waals surface area contributed by atoms with E-state index in [-0.39, 0.29) is 11.8 Å². The third kappa shape index (κ3) is 6.01. The van der Waals surface area contributed by atoms with E-state index in [1.54, 1.807) is 0 Å². The Bertz CT molecular complexity index is 224. The van der Waals surface area contributed by atoms with E-state index < -0.39 is 10.3 Å². The fourth-order valence-corrected chi connectivity index (χ4v) is 2.05. The fraction of sp³-hybridized carbons (Fsp3) is 1.00. The summed E-state index contributed by atoms with van der Waals surface area (Å²) >= 11 is 0. The van der Waals surface area contributed by atoms with E-state index in [0.29, 0.717) is 13.1 Å². The summed E-state index contributed by atoms with van der Waals surface area (Å²) in [5.74, 6) is 0.446. The van der Waals surface area contributed by atoms with E-state index in [2.05, 4.69) is 0 Å². The summed E-state index contributed by atoms with van der Waals surface area (Å²) in [4.78, 5) is 0. The Morgan fingerprint density at radius 1 is 1.08 bits per heavy atom. The molecule has 4 nitrogen and oxygen atoms in total. The molecule has 0 aromatic carbocycles. The highest BCUT2D eigenvalue weighted by atomic mass is 32.2. The molecule has 0 bridgehead atoms. The van der Waals surface area contributed by atoms with Crippen molar-refractivity contribution in [3.8, 4) is 0 Å². The Balaban J connectivity index is 4.39. The second kappa shape index (κ2) is 4.93. The summed E-state index contributed by atoms with van der Waals surface area (Å²) in [6.45, 7) is 8.40. The van der Waals surface area contributed by atoms with Crippen molar-refractivity contribution in [2.75, 3.05) is 13.1 Å². The maximum Gasteiger partial charge on any atom is 0.335 e. The monoisotopic (exact) mass is 209 g/mol. The zero-order chi connectivity index (χ0) is 10.6. The van der Waals surface area contributed by atoms with Gasteiger partial charge in [-0.15, -0.1) is 0 Å². The molecule has 0 aliphatic rings. The van der Waals surface area contributed by atoms with Crippen molar-refractivity contribution in [1.82, 2.24) is 4.31 Å². The molecule has 13 heavy (non-hydrogen) atoms. The average molecular weight is 209 g/mol. The van der Waals surface area contributed by atoms with Crippen LogP contribution in [-0.2, 0) is 10.3 Å². The summed E-state index contributed by atoms with van der Waals surface area (Å²) in [5, 5.41) is 0. The highest BCUT2D eigenvalue weighted by Crippen LogP contribution is 2.07. The van der Waals surface area contributed by atoms with E-state index in [1.165, 1.54) is 0 Å². The molecular formula is C8H19NO3S. The Kier molecular flexibility index (Phi) is 4.88. The highest BCUT2D eigenvalue weighted by Gasteiger charge is 2.20. The van der Waals surface area contributed by atoms with Gasteiger partial charge < -0.3 is 0 Å². The third-order valence-corrected chi connectivity index (χ3v) is 2.41. The van der Waals surface area contributed by atoms with Crippen LogP contribution in [0.3, 0.4) is 0 Å². The van der Waals surface area contributed by atoms with Gasteiger partial charge in [-0.3, -0.25) is 4.55 Å². The summed E-state index contributed by atoms with van der Waals surface area (Å²) in [6, 6.07) is 0. The summed E-state index contributed by atoms with van der Waals surface area (Å²) in [6.07, 6.45) is 0.